The monoisotopic (exact) mass is 320 g/mol. The van der Waals surface area contributed by atoms with Crippen molar-refractivity contribution in [2.24, 2.45) is 0 Å². The highest BCUT2D eigenvalue weighted by Crippen LogP contribution is 2.21. The van der Waals surface area contributed by atoms with E-state index < -0.39 is 17.7 Å². The largest absolute Gasteiger partial charge is 0.478 e. The first-order valence-electron chi connectivity index (χ1n) is 7.82. The van der Waals surface area contributed by atoms with E-state index in [1.165, 1.54) is 0 Å². The van der Waals surface area contributed by atoms with Crippen molar-refractivity contribution < 1.29 is 19.4 Å². The second-order valence-corrected chi connectivity index (χ2v) is 6.79. The molecule has 1 aromatic rings. The Morgan fingerprint density at radius 1 is 1.35 bits per heavy atom. The molecule has 0 spiro atoms. The lowest BCUT2D eigenvalue weighted by molar-refractivity contribution is 0.0499. The van der Waals surface area contributed by atoms with Gasteiger partial charge in [0.2, 0.25) is 0 Å². The Balaban J connectivity index is 1.99. The van der Waals surface area contributed by atoms with Crippen LogP contribution < -0.4 is 10.2 Å². The molecule has 1 unspecified atom stereocenters. The van der Waals surface area contributed by atoms with E-state index in [1.54, 1.807) is 18.2 Å². The molecule has 0 aromatic heterocycles. The predicted octanol–water partition coefficient (Wildman–Crippen LogP) is 2.88. The van der Waals surface area contributed by atoms with Crippen molar-refractivity contribution >= 4 is 17.7 Å². The summed E-state index contributed by atoms with van der Waals surface area (Å²) in [6, 6.07) is 6.86. The van der Waals surface area contributed by atoms with Crippen molar-refractivity contribution in [1.29, 1.82) is 0 Å². The Labute approximate surface area is 136 Å². The number of hydrogen-bond acceptors (Lipinski definition) is 4. The number of nitrogens with one attached hydrogen (secondary N) is 1. The number of carboxylic acid groups (broad SMARTS) is 1. The van der Waals surface area contributed by atoms with Crippen LogP contribution in [0.25, 0.3) is 0 Å². The van der Waals surface area contributed by atoms with E-state index in [9.17, 15) is 9.59 Å². The van der Waals surface area contributed by atoms with Crippen LogP contribution in [0.5, 0.6) is 0 Å². The molecule has 1 atom stereocenters. The summed E-state index contributed by atoms with van der Waals surface area (Å²) in [7, 11) is 0. The number of carbonyl (C=O) groups excluding carboxylic acids is 1. The number of amides is 1. The van der Waals surface area contributed by atoms with Crippen molar-refractivity contribution in [3.8, 4) is 0 Å². The van der Waals surface area contributed by atoms with Gasteiger partial charge in [-0.05, 0) is 51.8 Å². The number of aromatic carboxylic acids is 1. The van der Waals surface area contributed by atoms with Crippen LogP contribution >= 0.6 is 0 Å². The lowest BCUT2D eigenvalue weighted by atomic mass is 10.0. The highest BCUT2D eigenvalue weighted by molar-refractivity contribution is 5.88. The molecular formula is C17H24N2O4. The molecule has 2 N–H and O–H groups in total. The van der Waals surface area contributed by atoms with Gasteiger partial charge in [0.1, 0.15) is 5.60 Å². The van der Waals surface area contributed by atoms with Gasteiger partial charge >= 0.3 is 12.1 Å². The third-order valence-corrected chi connectivity index (χ3v) is 3.60. The maximum absolute atomic E-state index is 11.9. The number of ether oxygens (including phenoxy) is 1. The molecule has 23 heavy (non-hydrogen) atoms. The Bertz CT molecular complexity index is 580. The van der Waals surface area contributed by atoms with Crippen LogP contribution in [0.4, 0.5) is 10.5 Å². The van der Waals surface area contributed by atoms with Gasteiger partial charge in [0.25, 0.3) is 0 Å². The number of hydrogen-bond donors (Lipinski definition) is 2. The molecule has 1 aliphatic heterocycles. The smallest absolute Gasteiger partial charge is 0.407 e. The molecule has 1 amide bonds. The van der Waals surface area contributed by atoms with Gasteiger partial charge in [-0.3, -0.25) is 0 Å². The molecule has 126 valence electrons. The fourth-order valence-corrected chi connectivity index (χ4v) is 2.64. The Kier molecular flexibility index (Phi) is 5.13. The lowest BCUT2D eigenvalue weighted by Crippen LogP contribution is -2.49. The van der Waals surface area contributed by atoms with Crippen LogP contribution in [0.1, 0.15) is 44.0 Å². The number of piperidine rings is 1. The number of carbonyl (C=O) groups is 2. The van der Waals surface area contributed by atoms with Gasteiger partial charge in [-0.15, -0.1) is 0 Å². The first-order valence-corrected chi connectivity index (χ1v) is 7.82. The van der Waals surface area contributed by atoms with Gasteiger partial charge in [-0.1, -0.05) is 6.07 Å². The van der Waals surface area contributed by atoms with Crippen LogP contribution in [-0.4, -0.2) is 41.9 Å². The summed E-state index contributed by atoms with van der Waals surface area (Å²) in [4.78, 5) is 25.1. The zero-order valence-corrected chi connectivity index (χ0v) is 13.8. The van der Waals surface area contributed by atoms with Gasteiger partial charge in [0, 0.05) is 24.8 Å². The standard InChI is InChI=1S/C17H24N2O4/c1-17(2,3)23-16(22)18-13-7-5-9-19(11-13)14-8-4-6-12(10-14)15(20)21/h4,6,8,10,13H,5,7,9,11H2,1-3H3,(H,18,22)(H,20,21). The van der Waals surface area contributed by atoms with E-state index in [1.807, 2.05) is 26.8 Å². The first-order chi connectivity index (χ1) is 10.7. The molecule has 0 radical (unpaired) electrons. The SMILES string of the molecule is CC(C)(C)OC(=O)NC1CCCN(c2cccc(C(=O)O)c2)C1. The number of anilines is 1. The van der Waals surface area contributed by atoms with E-state index in [2.05, 4.69) is 10.2 Å². The van der Waals surface area contributed by atoms with Crippen molar-refractivity contribution in [2.75, 3.05) is 18.0 Å². The molecule has 6 heteroatoms. The number of rotatable bonds is 3. The van der Waals surface area contributed by atoms with E-state index in [4.69, 9.17) is 9.84 Å². The topological polar surface area (TPSA) is 78.9 Å². The molecule has 1 aliphatic rings. The molecule has 6 nitrogen and oxygen atoms in total. The zero-order chi connectivity index (χ0) is 17.0. The summed E-state index contributed by atoms with van der Waals surface area (Å²) in [6.07, 6.45) is 1.40. The molecule has 0 aliphatic carbocycles. The summed E-state index contributed by atoms with van der Waals surface area (Å²) in [5.41, 5.74) is 0.610. The first kappa shape index (κ1) is 17.1. The number of benzene rings is 1. The second-order valence-electron chi connectivity index (χ2n) is 6.79. The zero-order valence-electron chi connectivity index (χ0n) is 13.8. The quantitative estimate of drug-likeness (QED) is 0.895. The third kappa shape index (κ3) is 5.16. The summed E-state index contributed by atoms with van der Waals surface area (Å²) >= 11 is 0. The summed E-state index contributed by atoms with van der Waals surface area (Å²) < 4.78 is 5.29. The molecule has 1 aromatic carbocycles. The van der Waals surface area contributed by atoms with E-state index in [-0.39, 0.29) is 11.6 Å². The molecule has 1 heterocycles. The van der Waals surface area contributed by atoms with Crippen molar-refractivity contribution in [2.45, 2.75) is 45.3 Å². The van der Waals surface area contributed by atoms with Crippen molar-refractivity contribution in [3.63, 3.8) is 0 Å². The summed E-state index contributed by atoms with van der Waals surface area (Å²) in [6.45, 7) is 6.98. The second kappa shape index (κ2) is 6.89. The van der Waals surface area contributed by atoms with Crippen LogP contribution in [0, 0.1) is 0 Å². The van der Waals surface area contributed by atoms with Crippen LogP contribution in [0.3, 0.4) is 0 Å². The number of nitrogens with zero attached hydrogens (tertiary/aromatic N) is 1. The van der Waals surface area contributed by atoms with Crippen molar-refractivity contribution in [3.05, 3.63) is 29.8 Å². The van der Waals surface area contributed by atoms with Crippen LogP contribution in [0.2, 0.25) is 0 Å². The van der Waals surface area contributed by atoms with Gasteiger partial charge < -0.3 is 20.1 Å². The molecule has 1 saturated heterocycles. The fourth-order valence-electron chi connectivity index (χ4n) is 2.64. The van der Waals surface area contributed by atoms with Gasteiger partial charge in [-0.25, -0.2) is 9.59 Å². The van der Waals surface area contributed by atoms with E-state index in [0.29, 0.717) is 6.54 Å². The molecule has 1 fully saturated rings. The van der Waals surface area contributed by atoms with Gasteiger partial charge in [0.05, 0.1) is 5.56 Å². The third-order valence-electron chi connectivity index (χ3n) is 3.60. The van der Waals surface area contributed by atoms with Crippen LogP contribution in [-0.2, 0) is 4.74 Å². The van der Waals surface area contributed by atoms with Gasteiger partial charge in [0.15, 0.2) is 0 Å². The highest BCUT2D eigenvalue weighted by atomic mass is 16.6. The summed E-state index contributed by atoms with van der Waals surface area (Å²) in [5, 5.41) is 12.0. The normalized spacial score (nSPS) is 18.4. The minimum Gasteiger partial charge on any atom is -0.478 e. The Hall–Kier alpha value is -2.24. The number of alkyl carbamates (subject to hydrolysis) is 1. The van der Waals surface area contributed by atoms with E-state index in [0.717, 1.165) is 25.1 Å². The maximum Gasteiger partial charge on any atom is 0.407 e. The Morgan fingerprint density at radius 2 is 2.09 bits per heavy atom. The molecule has 2 rings (SSSR count). The average Bonchev–Trinajstić information content (AvgIpc) is 2.45. The number of carboxylic acids is 1. The Morgan fingerprint density at radius 3 is 2.74 bits per heavy atom. The predicted molar refractivity (Wildman–Crippen MR) is 88.0 cm³/mol. The molecular weight excluding hydrogens is 296 g/mol. The highest BCUT2D eigenvalue weighted by Gasteiger charge is 2.24. The van der Waals surface area contributed by atoms with Gasteiger partial charge in [-0.2, -0.15) is 0 Å². The fraction of sp³-hybridized carbons (Fsp3) is 0.529. The summed E-state index contributed by atoms with van der Waals surface area (Å²) in [5.74, 6) is -0.938. The minimum absolute atomic E-state index is 0.00733. The molecule has 0 saturated carbocycles. The van der Waals surface area contributed by atoms with Crippen LogP contribution in [0.15, 0.2) is 24.3 Å². The lowest BCUT2D eigenvalue weighted by Gasteiger charge is -2.35. The van der Waals surface area contributed by atoms with E-state index >= 15 is 0 Å². The molecule has 0 bridgehead atoms. The van der Waals surface area contributed by atoms with Crippen molar-refractivity contribution in [1.82, 2.24) is 5.32 Å². The minimum atomic E-state index is -0.938. The maximum atomic E-state index is 11.9. The average molecular weight is 320 g/mol.